The number of fused-ring (bicyclic) bond motifs is 1. The molecule has 0 fully saturated rings. The molecule has 0 amide bonds. The highest BCUT2D eigenvalue weighted by Gasteiger charge is 2.12. The Labute approximate surface area is 126 Å². The maximum atomic E-state index is 12.3. The quantitative estimate of drug-likeness (QED) is 0.634. The van der Waals surface area contributed by atoms with Crippen LogP contribution in [0.2, 0.25) is 5.02 Å². The van der Waals surface area contributed by atoms with E-state index in [1.165, 1.54) is 4.88 Å². The van der Waals surface area contributed by atoms with Crippen LogP contribution in [0.4, 0.5) is 0 Å². The average Bonchev–Trinajstić information content (AvgIpc) is 3.05. The Morgan fingerprint density at radius 1 is 1.25 bits per heavy atom. The standard InChI is InChI=1S/C16H14ClNOS/c1-2-11-7-8-16(20-11)15(19)10-18-9-13(17)12-5-3-4-6-14(12)18/h3-9H,2,10H2,1H3. The van der Waals surface area contributed by atoms with Crippen molar-refractivity contribution < 1.29 is 4.79 Å². The van der Waals surface area contributed by atoms with Crippen LogP contribution in [-0.4, -0.2) is 10.4 Å². The van der Waals surface area contributed by atoms with Gasteiger partial charge in [-0.1, -0.05) is 36.7 Å². The minimum Gasteiger partial charge on any atom is -0.338 e. The molecular weight excluding hydrogens is 290 g/mol. The first-order chi connectivity index (χ1) is 9.69. The van der Waals surface area contributed by atoms with Crippen molar-refractivity contribution in [2.45, 2.75) is 19.9 Å². The Balaban J connectivity index is 1.91. The molecule has 2 nitrogen and oxygen atoms in total. The molecule has 0 saturated heterocycles. The van der Waals surface area contributed by atoms with Crippen LogP contribution in [0.15, 0.2) is 42.6 Å². The number of rotatable bonds is 4. The Hall–Kier alpha value is -1.58. The molecule has 0 unspecified atom stereocenters. The van der Waals surface area contributed by atoms with Gasteiger partial charge in [0.1, 0.15) is 0 Å². The summed E-state index contributed by atoms with van der Waals surface area (Å²) in [7, 11) is 0. The molecule has 4 heteroatoms. The highest BCUT2D eigenvalue weighted by atomic mass is 35.5. The van der Waals surface area contributed by atoms with Gasteiger partial charge in [0.2, 0.25) is 0 Å². The van der Waals surface area contributed by atoms with Crippen LogP contribution in [0.25, 0.3) is 10.9 Å². The van der Waals surface area contributed by atoms with E-state index in [4.69, 9.17) is 11.6 Å². The van der Waals surface area contributed by atoms with Gasteiger partial charge in [-0.25, -0.2) is 0 Å². The molecule has 102 valence electrons. The first-order valence-corrected chi connectivity index (χ1v) is 7.73. The summed E-state index contributed by atoms with van der Waals surface area (Å²) < 4.78 is 1.92. The molecule has 0 bridgehead atoms. The van der Waals surface area contributed by atoms with Gasteiger partial charge in [-0.2, -0.15) is 0 Å². The van der Waals surface area contributed by atoms with Crippen LogP contribution in [0.3, 0.4) is 0 Å². The second-order valence-electron chi connectivity index (χ2n) is 4.66. The smallest absolute Gasteiger partial charge is 0.192 e. The number of thiophene rings is 1. The number of aryl methyl sites for hydroxylation is 1. The fraction of sp³-hybridized carbons (Fsp3) is 0.188. The predicted molar refractivity (Wildman–Crippen MR) is 85.0 cm³/mol. The third-order valence-corrected chi connectivity index (χ3v) is 4.91. The molecule has 0 atom stereocenters. The summed E-state index contributed by atoms with van der Waals surface area (Å²) in [6, 6.07) is 11.8. The van der Waals surface area contributed by atoms with E-state index in [9.17, 15) is 4.79 Å². The summed E-state index contributed by atoms with van der Waals surface area (Å²) in [4.78, 5) is 14.4. The zero-order valence-corrected chi connectivity index (χ0v) is 12.7. The number of nitrogens with zero attached hydrogens (tertiary/aromatic N) is 1. The van der Waals surface area contributed by atoms with Crippen molar-refractivity contribution in [1.29, 1.82) is 0 Å². The zero-order valence-electron chi connectivity index (χ0n) is 11.1. The van der Waals surface area contributed by atoms with E-state index in [1.54, 1.807) is 11.3 Å². The number of hydrogen-bond donors (Lipinski definition) is 0. The molecule has 0 radical (unpaired) electrons. The number of benzene rings is 1. The third kappa shape index (κ3) is 2.39. The summed E-state index contributed by atoms with van der Waals surface area (Å²) >= 11 is 7.78. The molecule has 0 aliphatic carbocycles. The summed E-state index contributed by atoms with van der Waals surface area (Å²) in [5.74, 6) is 0.132. The molecule has 1 aromatic carbocycles. The second-order valence-corrected chi connectivity index (χ2v) is 6.24. The monoisotopic (exact) mass is 303 g/mol. The Kier molecular flexibility index (Phi) is 3.64. The van der Waals surface area contributed by atoms with Gasteiger partial charge < -0.3 is 4.57 Å². The van der Waals surface area contributed by atoms with E-state index in [0.29, 0.717) is 11.6 Å². The number of Topliss-reactive ketones (excluding diaryl/α,β-unsaturated/α-hetero) is 1. The van der Waals surface area contributed by atoms with Crippen LogP contribution in [0, 0.1) is 0 Å². The zero-order chi connectivity index (χ0) is 14.1. The minimum absolute atomic E-state index is 0.132. The molecule has 0 aliphatic rings. The maximum absolute atomic E-state index is 12.3. The SMILES string of the molecule is CCc1ccc(C(=O)Cn2cc(Cl)c3ccccc32)s1. The Bertz CT molecular complexity index is 772. The van der Waals surface area contributed by atoms with Crippen LogP contribution < -0.4 is 0 Å². The predicted octanol–water partition coefficient (Wildman–Crippen LogP) is 4.80. The van der Waals surface area contributed by atoms with Gasteiger partial charge in [-0.15, -0.1) is 11.3 Å². The third-order valence-electron chi connectivity index (χ3n) is 3.34. The maximum Gasteiger partial charge on any atom is 0.192 e. The number of aromatic nitrogens is 1. The first kappa shape index (κ1) is 13.4. The van der Waals surface area contributed by atoms with E-state index in [1.807, 2.05) is 47.2 Å². The number of hydrogen-bond acceptors (Lipinski definition) is 2. The lowest BCUT2D eigenvalue weighted by Gasteiger charge is -2.03. The molecule has 0 saturated carbocycles. The van der Waals surface area contributed by atoms with E-state index >= 15 is 0 Å². The van der Waals surface area contributed by atoms with E-state index in [2.05, 4.69) is 6.92 Å². The number of carbonyl (C=O) groups excluding carboxylic acids is 1. The molecule has 0 N–H and O–H groups in total. The molecule has 2 aromatic heterocycles. The van der Waals surface area contributed by atoms with Gasteiger partial charge >= 0.3 is 0 Å². The number of ketones is 1. The molecule has 3 rings (SSSR count). The molecule has 0 spiro atoms. The van der Waals surface area contributed by atoms with Crippen LogP contribution in [0.5, 0.6) is 0 Å². The lowest BCUT2D eigenvalue weighted by Crippen LogP contribution is -2.07. The van der Waals surface area contributed by atoms with Gasteiger partial charge in [0.15, 0.2) is 5.78 Å². The fourth-order valence-corrected chi connectivity index (χ4v) is 3.44. The van der Waals surface area contributed by atoms with Gasteiger partial charge in [-0.05, 0) is 24.6 Å². The largest absolute Gasteiger partial charge is 0.338 e. The van der Waals surface area contributed by atoms with Crippen molar-refractivity contribution in [3.8, 4) is 0 Å². The Morgan fingerprint density at radius 2 is 2.05 bits per heavy atom. The van der Waals surface area contributed by atoms with Gasteiger partial charge in [0.25, 0.3) is 0 Å². The van der Waals surface area contributed by atoms with Gasteiger partial charge in [-0.3, -0.25) is 4.79 Å². The molecule has 3 aromatic rings. The fourth-order valence-electron chi connectivity index (χ4n) is 2.28. The van der Waals surface area contributed by atoms with Crippen LogP contribution in [0.1, 0.15) is 21.5 Å². The van der Waals surface area contributed by atoms with Crippen molar-refractivity contribution in [2.24, 2.45) is 0 Å². The highest BCUT2D eigenvalue weighted by molar-refractivity contribution is 7.14. The highest BCUT2D eigenvalue weighted by Crippen LogP contribution is 2.26. The number of halogens is 1. The summed E-state index contributed by atoms with van der Waals surface area (Å²) in [5.41, 5.74) is 0.998. The van der Waals surface area contributed by atoms with Crippen LogP contribution >= 0.6 is 22.9 Å². The van der Waals surface area contributed by atoms with Crippen molar-refractivity contribution >= 4 is 39.6 Å². The molecule has 0 aliphatic heterocycles. The van der Waals surface area contributed by atoms with Crippen molar-refractivity contribution in [3.05, 3.63) is 57.4 Å². The molecular formula is C16H14ClNOS. The number of carbonyl (C=O) groups is 1. The first-order valence-electron chi connectivity index (χ1n) is 6.54. The van der Waals surface area contributed by atoms with E-state index in [-0.39, 0.29) is 5.78 Å². The van der Waals surface area contributed by atoms with Crippen LogP contribution in [-0.2, 0) is 13.0 Å². The Morgan fingerprint density at radius 3 is 2.80 bits per heavy atom. The summed E-state index contributed by atoms with van der Waals surface area (Å²) in [5, 5.41) is 1.68. The second kappa shape index (κ2) is 5.43. The summed E-state index contributed by atoms with van der Waals surface area (Å²) in [6.45, 7) is 2.43. The lowest BCUT2D eigenvalue weighted by atomic mass is 10.2. The van der Waals surface area contributed by atoms with Crippen molar-refractivity contribution in [1.82, 2.24) is 4.57 Å². The number of para-hydroxylation sites is 1. The van der Waals surface area contributed by atoms with E-state index in [0.717, 1.165) is 22.2 Å². The average molecular weight is 304 g/mol. The molecule has 20 heavy (non-hydrogen) atoms. The lowest BCUT2D eigenvalue weighted by molar-refractivity contribution is 0.0977. The molecule has 2 heterocycles. The van der Waals surface area contributed by atoms with Gasteiger partial charge in [0, 0.05) is 22.0 Å². The minimum atomic E-state index is 0.132. The van der Waals surface area contributed by atoms with E-state index < -0.39 is 0 Å². The van der Waals surface area contributed by atoms with Crippen molar-refractivity contribution in [3.63, 3.8) is 0 Å². The van der Waals surface area contributed by atoms with Crippen molar-refractivity contribution in [2.75, 3.05) is 0 Å². The summed E-state index contributed by atoms with van der Waals surface area (Å²) in [6.07, 6.45) is 2.80. The topological polar surface area (TPSA) is 22.0 Å². The van der Waals surface area contributed by atoms with Gasteiger partial charge in [0.05, 0.1) is 16.4 Å². The normalized spacial score (nSPS) is 11.1.